The van der Waals surface area contributed by atoms with E-state index >= 15 is 0 Å². The van der Waals surface area contributed by atoms with Gasteiger partial charge in [0.1, 0.15) is 22.5 Å². The Morgan fingerprint density at radius 3 is 1.53 bits per heavy atom. The first kappa shape index (κ1) is 27.5. The van der Waals surface area contributed by atoms with Crippen LogP contribution in [-0.2, 0) is 32.5 Å². The number of alkyl halides is 3. The van der Waals surface area contributed by atoms with E-state index in [1.54, 1.807) is 12.4 Å². The smallest absolute Gasteiger partial charge is 0.741 e. The van der Waals surface area contributed by atoms with Gasteiger partial charge in [-0.15, -0.1) is 0 Å². The monoisotopic (exact) mass is 586 g/mol. The predicted molar refractivity (Wildman–Crippen MR) is 115 cm³/mol. The van der Waals surface area contributed by atoms with E-state index in [1.165, 1.54) is 0 Å². The molecule has 0 aliphatic rings. The van der Waals surface area contributed by atoms with Gasteiger partial charge in [-0.2, -0.15) is 13.2 Å². The molecule has 0 aliphatic carbocycles. The van der Waals surface area contributed by atoms with Crippen molar-refractivity contribution in [1.82, 2.24) is 9.97 Å². The van der Waals surface area contributed by atoms with Gasteiger partial charge >= 0.3 is 27.9 Å². The number of hydrogen-bond donors (Lipinski definition) is 0. The van der Waals surface area contributed by atoms with Gasteiger partial charge in [0.25, 0.3) is 0 Å². The van der Waals surface area contributed by atoms with Crippen molar-refractivity contribution >= 4 is 31.9 Å². The minimum absolute atomic E-state index is 0. The average molecular weight is 587 g/mol. The molecule has 184 valence electrons. The van der Waals surface area contributed by atoms with Crippen LogP contribution in [0.4, 0.5) is 13.2 Å². The van der Waals surface area contributed by atoms with E-state index in [-0.39, 0.29) is 22.4 Å². The van der Waals surface area contributed by atoms with Crippen molar-refractivity contribution in [3.8, 4) is 11.5 Å². The van der Waals surface area contributed by atoms with Gasteiger partial charge in [0.15, 0.2) is 10.1 Å². The fourth-order valence-electron chi connectivity index (χ4n) is 2.81. The molecule has 0 aliphatic heterocycles. The molecule has 0 fully saturated rings. The van der Waals surface area contributed by atoms with Crippen molar-refractivity contribution in [2.75, 3.05) is 13.2 Å². The molecule has 0 bridgehead atoms. The SMILES string of the molecule is O=S(=O)([O-])C(F)(F)F.[Ag+].c1cnc2c(OCCCOc3cccc4cccnc34)cccc2c1. The summed E-state index contributed by atoms with van der Waals surface area (Å²) in [6, 6.07) is 19.9. The van der Waals surface area contributed by atoms with Gasteiger partial charge in [0.05, 0.1) is 13.2 Å². The molecule has 12 heteroatoms. The van der Waals surface area contributed by atoms with Crippen LogP contribution in [0, 0.1) is 0 Å². The van der Waals surface area contributed by atoms with Crippen LogP contribution in [0.1, 0.15) is 6.42 Å². The van der Waals surface area contributed by atoms with Crippen LogP contribution in [0.3, 0.4) is 0 Å². The van der Waals surface area contributed by atoms with Gasteiger partial charge in [0.2, 0.25) is 0 Å². The second-order valence-corrected chi connectivity index (χ2v) is 7.98. The van der Waals surface area contributed by atoms with Crippen LogP contribution >= 0.6 is 0 Å². The molecular weight excluding hydrogens is 569 g/mol. The third kappa shape index (κ3) is 7.40. The summed E-state index contributed by atoms with van der Waals surface area (Å²) in [6.07, 6.45) is 4.35. The third-order valence-electron chi connectivity index (χ3n) is 4.28. The number of halogens is 3. The second-order valence-electron chi connectivity index (χ2n) is 6.61. The van der Waals surface area contributed by atoms with Crippen molar-refractivity contribution in [2.45, 2.75) is 11.9 Å². The molecule has 0 unspecified atom stereocenters. The van der Waals surface area contributed by atoms with E-state index in [0.29, 0.717) is 13.2 Å². The number of benzene rings is 2. The summed E-state index contributed by atoms with van der Waals surface area (Å²) in [5, 5.41) is 2.16. The number of nitrogens with zero attached hydrogens (tertiary/aromatic N) is 2. The maximum atomic E-state index is 10.7. The summed E-state index contributed by atoms with van der Waals surface area (Å²) < 4.78 is 70.7. The number of rotatable bonds is 6. The van der Waals surface area contributed by atoms with Crippen LogP contribution in [0.25, 0.3) is 21.8 Å². The quantitative estimate of drug-likeness (QED) is 0.140. The predicted octanol–water partition coefficient (Wildman–Crippen LogP) is 4.68. The van der Waals surface area contributed by atoms with Gasteiger partial charge in [-0.25, -0.2) is 8.42 Å². The zero-order valence-corrected chi connectivity index (χ0v) is 19.6. The number of aromatic nitrogens is 2. The van der Waals surface area contributed by atoms with E-state index in [9.17, 15) is 13.2 Å². The zero-order valence-electron chi connectivity index (χ0n) is 17.3. The van der Waals surface area contributed by atoms with Crippen LogP contribution in [-0.4, -0.2) is 41.7 Å². The van der Waals surface area contributed by atoms with Gasteiger partial charge in [-0.05, 0) is 24.3 Å². The minimum Gasteiger partial charge on any atom is -0.741 e. The Balaban J connectivity index is 0.000000394. The fourth-order valence-corrected chi connectivity index (χ4v) is 2.81. The van der Waals surface area contributed by atoms with Crippen LogP contribution < -0.4 is 9.47 Å². The van der Waals surface area contributed by atoms with Gasteiger partial charge in [-0.3, -0.25) is 9.97 Å². The Bertz CT molecular complexity index is 1250. The average Bonchev–Trinajstić information content (AvgIpc) is 2.78. The van der Waals surface area contributed by atoms with E-state index in [2.05, 4.69) is 9.97 Å². The van der Waals surface area contributed by atoms with E-state index in [1.807, 2.05) is 60.7 Å². The summed E-state index contributed by atoms with van der Waals surface area (Å²) in [5.74, 6) is 1.62. The van der Waals surface area contributed by atoms with E-state index < -0.39 is 15.6 Å². The first-order valence-corrected chi connectivity index (χ1v) is 11.0. The summed E-state index contributed by atoms with van der Waals surface area (Å²) in [5.41, 5.74) is -3.86. The first-order valence-electron chi connectivity index (χ1n) is 9.62. The van der Waals surface area contributed by atoms with Crippen molar-refractivity contribution in [3.63, 3.8) is 0 Å². The topological polar surface area (TPSA) is 101 Å². The largest absolute Gasteiger partial charge is 1.00 e. The number of pyridine rings is 2. The van der Waals surface area contributed by atoms with Crippen LogP contribution in [0.5, 0.6) is 11.5 Å². The minimum atomic E-state index is -6.09. The molecule has 0 N–H and O–H groups in total. The molecule has 0 saturated carbocycles. The van der Waals surface area contributed by atoms with Crippen LogP contribution in [0.15, 0.2) is 73.1 Å². The normalized spacial score (nSPS) is 11.3. The Hall–Kier alpha value is -2.70. The molecule has 0 saturated heterocycles. The molecular formula is C22H18AgF3N2O5S. The molecule has 0 radical (unpaired) electrons. The van der Waals surface area contributed by atoms with Crippen LogP contribution in [0.2, 0.25) is 0 Å². The molecule has 0 amide bonds. The molecule has 34 heavy (non-hydrogen) atoms. The van der Waals surface area contributed by atoms with Crippen molar-refractivity contribution < 1.29 is 58.0 Å². The fraction of sp³-hybridized carbons (Fsp3) is 0.182. The van der Waals surface area contributed by atoms with Gasteiger partial charge in [-0.1, -0.05) is 36.4 Å². The third-order valence-corrected chi connectivity index (χ3v) is 4.85. The summed E-state index contributed by atoms with van der Waals surface area (Å²) in [7, 11) is -6.09. The second kappa shape index (κ2) is 12.1. The van der Waals surface area contributed by atoms with Gasteiger partial charge < -0.3 is 14.0 Å². The standard InChI is InChI=1S/C21H18N2O2.CHF3O3S.Ag/c1-6-16-8-3-12-22-20(16)18(10-1)24-14-5-15-25-19-11-2-7-17-9-4-13-23-21(17)19;2-1(3,4)8(5,6)7;/h1-4,6-13H,5,14-15H2;(H,5,6,7);/q;;+1/p-1. The zero-order chi connectivity index (χ0) is 23.9. The molecule has 4 rings (SSSR count). The Kier molecular flexibility index (Phi) is 9.83. The number of fused-ring (bicyclic) bond motifs is 2. The number of hydrogen-bond acceptors (Lipinski definition) is 7. The summed E-state index contributed by atoms with van der Waals surface area (Å²) in [6.45, 7) is 1.15. The Labute approximate surface area is 209 Å². The first-order chi connectivity index (χ1) is 15.7. The molecule has 2 aromatic heterocycles. The summed E-state index contributed by atoms with van der Waals surface area (Å²) in [4.78, 5) is 8.79. The van der Waals surface area contributed by atoms with E-state index in [0.717, 1.165) is 39.7 Å². The van der Waals surface area contributed by atoms with Crippen molar-refractivity contribution in [3.05, 3.63) is 73.1 Å². The molecule has 2 heterocycles. The molecule has 0 atom stereocenters. The molecule has 7 nitrogen and oxygen atoms in total. The number of para-hydroxylation sites is 2. The maximum absolute atomic E-state index is 10.7. The Morgan fingerprint density at radius 2 is 1.15 bits per heavy atom. The van der Waals surface area contributed by atoms with Crippen molar-refractivity contribution in [2.24, 2.45) is 0 Å². The van der Waals surface area contributed by atoms with E-state index in [4.69, 9.17) is 22.4 Å². The molecule has 2 aromatic carbocycles. The number of ether oxygens (including phenoxy) is 2. The molecule has 4 aromatic rings. The van der Waals surface area contributed by atoms with Crippen molar-refractivity contribution in [1.29, 1.82) is 0 Å². The Morgan fingerprint density at radius 1 is 0.765 bits per heavy atom. The maximum Gasteiger partial charge on any atom is 1.00 e. The molecule has 0 spiro atoms. The van der Waals surface area contributed by atoms with Gasteiger partial charge in [0, 0.05) is 29.6 Å². The summed E-state index contributed by atoms with van der Waals surface area (Å²) >= 11 is 0.